The van der Waals surface area contributed by atoms with Gasteiger partial charge in [0.05, 0.1) is 17.6 Å². The summed E-state index contributed by atoms with van der Waals surface area (Å²) in [6.45, 7) is 1.98. The Morgan fingerprint density at radius 1 is 1.25 bits per heavy atom. The van der Waals surface area contributed by atoms with Crippen molar-refractivity contribution in [3.8, 4) is 5.75 Å². The molecule has 3 nitrogen and oxygen atoms in total. The van der Waals surface area contributed by atoms with Gasteiger partial charge in [0.15, 0.2) is 0 Å². The van der Waals surface area contributed by atoms with E-state index >= 15 is 0 Å². The maximum atomic E-state index is 13.7. The fourth-order valence-electron chi connectivity index (χ4n) is 2.14. The Bertz CT molecular complexity index is 619. The van der Waals surface area contributed by atoms with Crippen LogP contribution < -0.4 is 16.0 Å². The van der Waals surface area contributed by atoms with E-state index in [1.165, 1.54) is 6.07 Å². The molecule has 0 bridgehead atoms. The number of benzene rings is 2. The average Bonchev–Trinajstić information content (AvgIpc) is 2.44. The van der Waals surface area contributed by atoms with E-state index in [9.17, 15) is 4.39 Å². The van der Waals surface area contributed by atoms with Crippen LogP contribution in [0.1, 0.15) is 22.7 Å². The van der Waals surface area contributed by atoms with Gasteiger partial charge in [0.1, 0.15) is 11.6 Å². The zero-order chi connectivity index (χ0) is 14.7. The predicted molar refractivity (Wildman–Crippen MR) is 81.0 cm³/mol. The smallest absolute Gasteiger partial charge is 0.137 e. The Kier molecular flexibility index (Phi) is 4.75. The van der Waals surface area contributed by atoms with E-state index in [-0.39, 0.29) is 11.9 Å². The standard InChI is InChI=1S/C15H16BrFN2O/c1-9-3-6-14(20-2)11(7-9)15(19-18)10-4-5-12(16)13(17)8-10/h3-8,15,19H,18H2,1-2H3. The molecule has 2 rings (SSSR count). The molecule has 0 aliphatic carbocycles. The minimum atomic E-state index is -0.340. The van der Waals surface area contributed by atoms with Gasteiger partial charge in [-0.05, 0) is 46.6 Å². The van der Waals surface area contributed by atoms with Crippen molar-refractivity contribution in [1.29, 1.82) is 0 Å². The van der Waals surface area contributed by atoms with Crippen LogP contribution >= 0.6 is 15.9 Å². The van der Waals surface area contributed by atoms with Crippen molar-refractivity contribution in [3.05, 3.63) is 63.4 Å². The SMILES string of the molecule is COc1ccc(C)cc1C(NN)c1ccc(Br)c(F)c1. The fraction of sp³-hybridized carbons (Fsp3) is 0.200. The Morgan fingerprint density at radius 2 is 2.00 bits per heavy atom. The highest BCUT2D eigenvalue weighted by molar-refractivity contribution is 9.10. The second-order valence-electron chi connectivity index (χ2n) is 4.52. The van der Waals surface area contributed by atoms with Gasteiger partial charge in [-0.1, -0.05) is 23.8 Å². The lowest BCUT2D eigenvalue weighted by atomic mass is 9.97. The Labute approximate surface area is 126 Å². The molecule has 1 unspecified atom stereocenters. The van der Waals surface area contributed by atoms with Crippen molar-refractivity contribution in [1.82, 2.24) is 5.43 Å². The number of rotatable bonds is 4. The maximum absolute atomic E-state index is 13.7. The highest BCUT2D eigenvalue weighted by atomic mass is 79.9. The first-order valence-corrected chi connectivity index (χ1v) is 6.91. The third kappa shape index (κ3) is 3.00. The summed E-state index contributed by atoms with van der Waals surface area (Å²) in [5.41, 5.74) is 5.41. The molecule has 2 aromatic rings. The van der Waals surface area contributed by atoms with E-state index in [1.807, 2.05) is 31.2 Å². The normalized spacial score (nSPS) is 12.2. The van der Waals surface area contributed by atoms with Crippen LogP contribution in [0.5, 0.6) is 5.75 Å². The van der Waals surface area contributed by atoms with E-state index in [0.29, 0.717) is 10.2 Å². The average molecular weight is 339 g/mol. The lowest BCUT2D eigenvalue weighted by Gasteiger charge is -2.20. The van der Waals surface area contributed by atoms with Crippen LogP contribution in [0.2, 0.25) is 0 Å². The second kappa shape index (κ2) is 6.35. The van der Waals surface area contributed by atoms with Crippen molar-refractivity contribution < 1.29 is 9.13 Å². The summed E-state index contributed by atoms with van der Waals surface area (Å²) in [6.07, 6.45) is 0. The van der Waals surface area contributed by atoms with Crippen LogP contribution in [0.3, 0.4) is 0 Å². The van der Waals surface area contributed by atoms with E-state index in [2.05, 4.69) is 21.4 Å². The molecule has 0 aliphatic heterocycles. The third-order valence-electron chi connectivity index (χ3n) is 3.14. The van der Waals surface area contributed by atoms with Crippen molar-refractivity contribution >= 4 is 15.9 Å². The molecule has 2 aromatic carbocycles. The summed E-state index contributed by atoms with van der Waals surface area (Å²) in [6, 6.07) is 10.4. The van der Waals surface area contributed by atoms with Gasteiger partial charge in [0.2, 0.25) is 0 Å². The summed E-state index contributed by atoms with van der Waals surface area (Å²) in [4.78, 5) is 0. The Hall–Kier alpha value is -1.43. The molecule has 0 amide bonds. The lowest BCUT2D eigenvalue weighted by Crippen LogP contribution is -2.29. The van der Waals surface area contributed by atoms with Gasteiger partial charge in [-0.25, -0.2) is 9.82 Å². The number of hydrogen-bond donors (Lipinski definition) is 2. The van der Waals surface area contributed by atoms with E-state index < -0.39 is 0 Å². The topological polar surface area (TPSA) is 47.3 Å². The van der Waals surface area contributed by atoms with Crippen molar-refractivity contribution in [3.63, 3.8) is 0 Å². The number of hydrogen-bond acceptors (Lipinski definition) is 3. The van der Waals surface area contributed by atoms with Crippen molar-refractivity contribution in [2.75, 3.05) is 7.11 Å². The number of hydrazine groups is 1. The molecule has 20 heavy (non-hydrogen) atoms. The van der Waals surface area contributed by atoms with E-state index in [1.54, 1.807) is 13.2 Å². The van der Waals surface area contributed by atoms with Crippen LogP contribution in [-0.2, 0) is 0 Å². The summed E-state index contributed by atoms with van der Waals surface area (Å²) in [7, 11) is 1.60. The van der Waals surface area contributed by atoms with Crippen LogP contribution in [0.4, 0.5) is 4.39 Å². The molecule has 0 radical (unpaired) electrons. The van der Waals surface area contributed by atoms with Crippen molar-refractivity contribution in [2.24, 2.45) is 5.84 Å². The van der Waals surface area contributed by atoms with Crippen LogP contribution in [-0.4, -0.2) is 7.11 Å². The van der Waals surface area contributed by atoms with Gasteiger partial charge in [-0.2, -0.15) is 0 Å². The summed E-state index contributed by atoms with van der Waals surface area (Å²) in [5.74, 6) is 6.04. The number of nitrogens with one attached hydrogen (secondary N) is 1. The van der Waals surface area contributed by atoms with Gasteiger partial charge in [-0.3, -0.25) is 5.84 Å². The highest BCUT2D eigenvalue weighted by Gasteiger charge is 2.18. The molecule has 5 heteroatoms. The molecule has 0 spiro atoms. The zero-order valence-corrected chi connectivity index (χ0v) is 12.9. The first-order chi connectivity index (χ1) is 9.56. The van der Waals surface area contributed by atoms with Gasteiger partial charge in [0.25, 0.3) is 0 Å². The molecular weight excluding hydrogens is 323 g/mol. The second-order valence-corrected chi connectivity index (χ2v) is 5.37. The molecule has 106 valence electrons. The van der Waals surface area contributed by atoms with Gasteiger partial charge < -0.3 is 4.74 Å². The lowest BCUT2D eigenvalue weighted by molar-refractivity contribution is 0.404. The molecule has 0 saturated carbocycles. The predicted octanol–water partition coefficient (Wildman–Crippen LogP) is 3.46. The number of methoxy groups -OCH3 is 1. The number of halogens is 2. The fourth-order valence-corrected chi connectivity index (χ4v) is 2.38. The van der Waals surface area contributed by atoms with Crippen LogP contribution in [0, 0.1) is 12.7 Å². The number of nitrogens with two attached hydrogens (primary N) is 1. The quantitative estimate of drug-likeness (QED) is 0.663. The molecule has 0 saturated heterocycles. The first kappa shape index (κ1) is 15.0. The molecule has 3 N–H and O–H groups in total. The third-order valence-corrected chi connectivity index (χ3v) is 3.78. The summed E-state index contributed by atoms with van der Waals surface area (Å²) in [5, 5.41) is 0. The van der Waals surface area contributed by atoms with Crippen molar-refractivity contribution in [2.45, 2.75) is 13.0 Å². The Morgan fingerprint density at radius 3 is 2.60 bits per heavy atom. The maximum Gasteiger partial charge on any atom is 0.137 e. The molecule has 0 aliphatic rings. The molecule has 0 fully saturated rings. The van der Waals surface area contributed by atoms with Gasteiger partial charge in [0, 0.05) is 5.56 Å². The largest absolute Gasteiger partial charge is 0.496 e. The molecule has 1 atom stereocenters. The zero-order valence-electron chi connectivity index (χ0n) is 11.3. The monoisotopic (exact) mass is 338 g/mol. The first-order valence-electron chi connectivity index (χ1n) is 6.12. The Balaban J connectivity index is 2.51. The molecule has 0 heterocycles. The number of aryl methyl sites for hydroxylation is 1. The van der Waals surface area contributed by atoms with Crippen LogP contribution in [0.15, 0.2) is 40.9 Å². The highest BCUT2D eigenvalue weighted by Crippen LogP contribution is 2.31. The van der Waals surface area contributed by atoms with E-state index in [0.717, 1.165) is 16.7 Å². The summed E-state index contributed by atoms with van der Waals surface area (Å²) < 4.78 is 19.5. The number of ether oxygens (including phenoxy) is 1. The van der Waals surface area contributed by atoms with Gasteiger partial charge in [-0.15, -0.1) is 0 Å². The minimum Gasteiger partial charge on any atom is -0.496 e. The molecule has 0 aromatic heterocycles. The molecular formula is C15H16BrFN2O. The van der Waals surface area contributed by atoms with Gasteiger partial charge >= 0.3 is 0 Å². The minimum absolute atomic E-state index is 0.325. The van der Waals surface area contributed by atoms with Crippen LogP contribution in [0.25, 0.3) is 0 Å². The van der Waals surface area contributed by atoms with E-state index in [4.69, 9.17) is 10.6 Å². The summed E-state index contributed by atoms with van der Waals surface area (Å²) >= 11 is 3.15.